The van der Waals surface area contributed by atoms with E-state index < -0.39 is 0 Å². The van der Waals surface area contributed by atoms with Crippen LogP contribution in [0.4, 0.5) is 0 Å². The molecule has 0 aliphatic carbocycles. The van der Waals surface area contributed by atoms with Crippen LogP contribution in [0.25, 0.3) is 0 Å². The van der Waals surface area contributed by atoms with E-state index in [0.717, 1.165) is 52.4 Å². The van der Waals surface area contributed by atoms with Crippen molar-refractivity contribution in [1.82, 2.24) is 24.7 Å². The zero-order chi connectivity index (χ0) is 20.5. The molecule has 27 heavy (non-hydrogen) atoms. The molecule has 160 valence electrons. The second-order valence-corrected chi connectivity index (χ2v) is 7.29. The summed E-state index contributed by atoms with van der Waals surface area (Å²) in [6, 6.07) is 1.24. The maximum absolute atomic E-state index is 5.30. The van der Waals surface area contributed by atoms with Gasteiger partial charge < -0.3 is 25.3 Å². The fourth-order valence-electron chi connectivity index (χ4n) is 2.45. The molecule has 2 heterocycles. The highest BCUT2D eigenvalue weighted by molar-refractivity contribution is 4.73. The maximum Gasteiger partial charge on any atom is 0.0945 e. The number of hydrogen-bond acceptors (Lipinski definition) is 6. The molecule has 0 unspecified atom stereocenters. The molecular formula is C20H44N6O. The molecule has 0 spiro atoms. The highest BCUT2D eigenvalue weighted by atomic mass is 16.5. The van der Waals surface area contributed by atoms with Gasteiger partial charge in [0.05, 0.1) is 19.5 Å². The highest BCUT2D eigenvalue weighted by Crippen LogP contribution is 1.98. The van der Waals surface area contributed by atoms with Gasteiger partial charge >= 0.3 is 0 Å². The molecule has 1 aromatic rings. The molecule has 0 atom stereocenters. The zero-order valence-electron chi connectivity index (χ0n) is 18.5. The normalized spacial score (nSPS) is 14.7. The van der Waals surface area contributed by atoms with Crippen molar-refractivity contribution in [3.63, 3.8) is 0 Å². The summed E-state index contributed by atoms with van der Waals surface area (Å²) >= 11 is 0. The minimum Gasteiger partial charge on any atom is -0.379 e. The average molecular weight is 385 g/mol. The Bertz CT molecular complexity index is 405. The number of morpholine rings is 1. The third-order valence-corrected chi connectivity index (χ3v) is 4.46. The van der Waals surface area contributed by atoms with Gasteiger partial charge in [0, 0.05) is 57.2 Å². The number of nitrogens with one attached hydrogen (secondary N) is 1. The summed E-state index contributed by atoms with van der Waals surface area (Å²) in [4.78, 5) is 8.84. The number of ether oxygens (including phenoxy) is 1. The lowest BCUT2D eigenvalue weighted by Gasteiger charge is -2.29. The fourth-order valence-corrected chi connectivity index (χ4v) is 2.45. The number of likely N-dealkylation sites (N-methyl/N-ethyl adjacent to an activating group) is 1. The third kappa shape index (κ3) is 14.7. The first-order valence-corrected chi connectivity index (χ1v) is 10.3. The summed E-state index contributed by atoms with van der Waals surface area (Å²) in [6.45, 7) is 17.3. The molecule has 0 bridgehead atoms. The summed E-state index contributed by atoms with van der Waals surface area (Å²) in [6.07, 6.45) is 6.83. The van der Waals surface area contributed by atoms with E-state index in [-0.39, 0.29) is 0 Å². The van der Waals surface area contributed by atoms with Crippen molar-refractivity contribution in [3.8, 4) is 0 Å². The van der Waals surface area contributed by atoms with Gasteiger partial charge in [0.15, 0.2) is 0 Å². The SMILES string of the molecule is CC(C)N(C)CCN1CCOCC1.CC(C)NCCCn1ccnc1.CN. The molecule has 1 saturated heterocycles. The van der Waals surface area contributed by atoms with Gasteiger partial charge in [-0.15, -0.1) is 0 Å². The van der Waals surface area contributed by atoms with Crippen LogP contribution in [0.15, 0.2) is 18.7 Å². The van der Waals surface area contributed by atoms with E-state index in [2.05, 4.69) is 65.1 Å². The van der Waals surface area contributed by atoms with Crippen LogP contribution in [0.1, 0.15) is 34.1 Å². The Morgan fingerprint density at radius 1 is 1.15 bits per heavy atom. The Labute approximate surface area is 167 Å². The first-order valence-electron chi connectivity index (χ1n) is 10.3. The summed E-state index contributed by atoms with van der Waals surface area (Å²) in [7, 11) is 3.69. The first-order chi connectivity index (χ1) is 13.0. The minimum absolute atomic E-state index is 0.591. The van der Waals surface area contributed by atoms with E-state index in [0.29, 0.717) is 12.1 Å². The Hall–Kier alpha value is -0.990. The molecular weight excluding hydrogens is 340 g/mol. The van der Waals surface area contributed by atoms with Crippen LogP contribution in [0.5, 0.6) is 0 Å². The number of aryl methyl sites for hydroxylation is 1. The molecule has 0 amide bonds. The van der Waals surface area contributed by atoms with Gasteiger partial charge in [0.2, 0.25) is 0 Å². The van der Waals surface area contributed by atoms with Crippen molar-refractivity contribution in [2.24, 2.45) is 5.73 Å². The largest absolute Gasteiger partial charge is 0.379 e. The van der Waals surface area contributed by atoms with Crippen LogP contribution in [-0.4, -0.2) is 91.5 Å². The molecule has 3 N–H and O–H groups in total. The summed E-state index contributed by atoms with van der Waals surface area (Å²) in [5, 5.41) is 3.37. The monoisotopic (exact) mass is 384 g/mol. The molecule has 7 heteroatoms. The molecule has 1 aromatic heterocycles. The molecule has 1 fully saturated rings. The Morgan fingerprint density at radius 3 is 2.33 bits per heavy atom. The quantitative estimate of drug-likeness (QED) is 0.629. The number of imidazole rings is 1. The highest BCUT2D eigenvalue weighted by Gasteiger charge is 2.11. The lowest BCUT2D eigenvalue weighted by Crippen LogP contribution is -2.41. The van der Waals surface area contributed by atoms with Crippen molar-refractivity contribution < 1.29 is 4.74 Å². The predicted octanol–water partition coefficient (Wildman–Crippen LogP) is 1.50. The van der Waals surface area contributed by atoms with E-state index in [1.54, 1.807) is 0 Å². The van der Waals surface area contributed by atoms with Gasteiger partial charge in [-0.1, -0.05) is 13.8 Å². The maximum atomic E-state index is 5.30. The van der Waals surface area contributed by atoms with Crippen LogP contribution < -0.4 is 11.1 Å². The van der Waals surface area contributed by atoms with Gasteiger partial charge in [-0.3, -0.25) is 4.90 Å². The molecule has 1 aliphatic heterocycles. The van der Waals surface area contributed by atoms with E-state index in [9.17, 15) is 0 Å². The van der Waals surface area contributed by atoms with Gasteiger partial charge in [0.1, 0.15) is 0 Å². The Morgan fingerprint density at radius 2 is 1.81 bits per heavy atom. The van der Waals surface area contributed by atoms with Gasteiger partial charge in [-0.2, -0.15) is 0 Å². The van der Waals surface area contributed by atoms with Crippen molar-refractivity contribution >= 4 is 0 Å². The standard InChI is InChI=1S/C10H22N2O.C9H17N3.CH5N/c1-10(2)11(3)4-5-12-6-8-13-9-7-12;1-9(2)11-4-3-6-12-7-5-10-8-12;1-2/h10H,4-9H2,1-3H3;5,7-9,11H,3-4,6H2,1-2H3;2H2,1H3. The minimum atomic E-state index is 0.591. The van der Waals surface area contributed by atoms with Crippen LogP contribution in [0.3, 0.4) is 0 Å². The summed E-state index contributed by atoms with van der Waals surface area (Å²) in [5.41, 5.74) is 4.50. The topological polar surface area (TPSA) is 71.6 Å². The van der Waals surface area contributed by atoms with Gasteiger partial charge in [-0.25, -0.2) is 4.98 Å². The van der Waals surface area contributed by atoms with Crippen molar-refractivity contribution in [2.75, 3.05) is 60.0 Å². The van der Waals surface area contributed by atoms with E-state index in [1.165, 1.54) is 13.6 Å². The van der Waals surface area contributed by atoms with Crippen LogP contribution in [-0.2, 0) is 11.3 Å². The van der Waals surface area contributed by atoms with E-state index in [1.807, 2.05) is 18.7 Å². The number of hydrogen-bond donors (Lipinski definition) is 2. The summed E-state index contributed by atoms with van der Waals surface area (Å²) in [5.74, 6) is 0. The van der Waals surface area contributed by atoms with E-state index >= 15 is 0 Å². The third-order valence-electron chi connectivity index (χ3n) is 4.46. The number of nitrogens with two attached hydrogens (primary N) is 1. The van der Waals surface area contributed by atoms with Crippen molar-refractivity contribution in [2.45, 2.75) is 52.7 Å². The van der Waals surface area contributed by atoms with Gasteiger partial charge in [0.25, 0.3) is 0 Å². The van der Waals surface area contributed by atoms with Crippen LogP contribution in [0.2, 0.25) is 0 Å². The molecule has 2 rings (SSSR count). The second-order valence-electron chi connectivity index (χ2n) is 7.29. The molecule has 0 saturated carbocycles. The first kappa shape index (κ1) is 26.0. The fraction of sp³-hybridized carbons (Fsp3) is 0.850. The number of aromatic nitrogens is 2. The molecule has 0 aromatic carbocycles. The van der Waals surface area contributed by atoms with E-state index in [4.69, 9.17) is 4.74 Å². The van der Waals surface area contributed by atoms with Crippen molar-refractivity contribution in [1.29, 1.82) is 0 Å². The second kappa shape index (κ2) is 17.1. The average Bonchev–Trinajstić information content (AvgIpc) is 3.19. The lowest BCUT2D eigenvalue weighted by molar-refractivity contribution is 0.0333. The van der Waals surface area contributed by atoms with Crippen LogP contribution in [0, 0.1) is 0 Å². The number of rotatable bonds is 9. The summed E-state index contributed by atoms with van der Waals surface area (Å²) < 4.78 is 7.40. The molecule has 0 radical (unpaired) electrons. The number of nitrogens with zero attached hydrogens (tertiary/aromatic N) is 4. The molecule has 7 nitrogen and oxygen atoms in total. The Balaban J connectivity index is 0.000000460. The van der Waals surface area contributed by atoms with Crippen LogP contribution >= 0.6 is 0 Å². The molecule has 1 aliphatic rings. The lowest BCUT2D eigenvalue weighted by atomic mass is 10.3. The zero-order valence-corrected chi connectivity index (χ0v) is 18.5. The predicted molar refractivity (Wildman–Crippen MR) is 115 cm³/mol. The Kier molecular flexibility index (Phi) is 16.5. The van der Waals surface area contributed by atoms with Gasteiger partial charge in [-0.05, 0) is 40.9 Å². The van der Waals surface area contributed by atoms with Crippen molar-refractivity contribution in [3.05, 3.63) is 18.7 Å². The smallest absolute Gasteiger partial charge is 0.0945 e.